The molecule has 0 aliphatic heterocycles. The van der Waals surface area contributed by atoms with Crippen LogP contribution in [0.25, 0.3) is 0 Å². The number of nitrogens with one attached hydrogen (secondary N) is 2. The Morgan fingerprint density at radius 1 is 0.545 bits per heavy atom. The fraction of sp³-hybridized carbons (Fsp3) is 0.394. The van der Waals surface area contributed by atoms with Crippen LogP contribution in [0.15, 0.2) is 77.0 Å². The zero-order valence-electron chi connectivity index (χ0n) is 29.4. The number of hydrogen-bond donors (Lipinski definition) is 5. The molecule has 0 fully saturated rings. The highest BCUT2D eigenvalue weighted by molar-refractivity contribution is 7.86. The van der Waals surface area contributed by atoms with E-state index in [4.69, 9.17) is 32.6 Å². The SMILES string of the molecule is O=C(NCCOCCNC(=O)c1cc(OCCCS(=O)(=O)O)c(OCCCS(=O)(=O)O)c(OCCCS(=O)(=O)O)c1)c1ccc(/N=N/c2ccccc2)cc1. The molecule has 0 bridgehead atoms. The summed E-state index contributed by atoms with van der Waals surface area (Å²) in [5.41, 5.74) is 1.63. The summed E-state index contributed by atoms with van der Waals surface area (Å²) in [7, 11) is -12.9. The van der Waals surface area contributed by atoms with Crippen LogP contribution in [0.4, 0.5) is 11.4 Å². The van der Waals surface area contributed by atoms with E-state index in [1.807, 2.05) is 30.3 Å². The third kappa shape index (κ3) is 18.9. The van der Waals surface area contributed by atoms with E-state index >= 15 is 0 Å². The summed E-state index contributed by atoms with van der Waals surface area (Å²) in [6.07, 6.45) is -0.520. The van der Waals surface area contributed by atoms with Crippen molar-refractivity contribution in [2.45, 2.75) is 19.3 Å². The summed E-state index contributed by atoms with van der Waals surface area (Å²) in [5.74, 6) is -3.34. The maximum atomic E-state index is 13.1. The third-order valence-corrected chi connectivity index (χ3v) is 9.33. The largest absolute Gasteiger partial charge is 0.489 e. The van der Waals surface area contributed by atoms with Crippen molar-refractivity contribution in [3.8, 4) is 17.2 Å². The smallest absolute Gasteiger partial charge is 0.264 e. The number of rotatable bonds is 25. The Labute approximate surface area is 318 Å². The lowest BCUT2D eigenvalue weighted by Gasteiger charge is -2.19. The maximum Gasteiger partial charge on any atom is 0.264 e. The van der Waals surface area contributed by atoms with E-state index in [2.05, 4.69) is 20.9 Å². The number of carbonyl (C=O) groups excluding carboxylic acids is 2. The molecule has 0 unspecified atom stereocenters. The van der Waals surface area contributed by atoms with Crippen LogP contribution in [0.1, 0.15) is 40.0 Å². The van der Waals surface area contributed by atoms with Crippen molar-refractivity contribution < 1.29 is 67.4 Å². The third-order valence-electron chi connectivity index (χ3n) is 6.91. The van der Waals surface area contributed by atoms with Gasteiger partial charge in [0, 0.05) is 24.2 Å². The zero-order valence-corrected chi connectivity index (χ0v) is 31.9. The molecule has 3 aromatic carbocycles. The number of hydrogen-bond acceptors (Lipinski definition) is 14. The molecule has 19 nitrogen and oxygen atoms in total. The number of amides is 2. The molecule has 0 saturated heterocycles. The van der Waals surface area contributed by atoms with Crippen molar-refractivity contribution in [3.05, 3.63) is 77.9 Å². The lowest BCUT2D eigenvalue weighted by molar-refractivity contribution is 0.0892. The number of ether oxygens (including phenoxy) is 4. The van der Waals surface area contributed by atoms with Crippen LogP contribution in [0, 0.1) is 0 Å². The Bertz CT molecular complexity index is 2000. The number of carbonyl (C=O) groups is 2. The van der Waals surface area contributed by atoms with Gasteiger partial charge in [0.25, 0.3) is 42.2 Å². The van der Waals surface area contributed by atoms with Crippen LogP contribution in [0.2, 0.25) is 0 Å². The monoisotopic (exact) mass is 830 g/mol. The van der Waals surface area contributed by atoms with Gasteiger partial charge < -0.3 is 29.6 Å². The molecule has 2 amide bonds. The van der Waals surface area contributed by atoms with Crippen molar-refractivity contribution in [2.24, 2.45) is 10.2 Å². The van der Waals surface area contributed by atoms with Gasteiger partial charge in [0.05, 0.1) is 61.7 Å². The van der Waals surface area contributed by atoms with Crippen LogP contribution >= 0.6 is 0 Å². The fourth-order valence-electron chi connectivity index (χ4n) is 4.40. The van der Waals surface area contributed by atoms with Gasteiger partial charge in [-0.15, -0.1) is 0 Å². The molecule has 0 aliphatic rings. The molecule has 55 heavy (non-hydrogen) atoms. The van der Waals surface area contributed by atoms with Gasteiger partial charge in [-0.05, 0) is 67.8 Å². The summed E-state index contributed by atoms with van der Waals surface area (Å²) in [6, 6.07) is 18.2. The van der Waals surface area contributed by atoms with Gasteiger partial charge in [-0.2, -0.15) is 35.5 Å². The molecule has 22 heteroatoms. The topological polar surface area (TPSA) is 283 Å². The number of benzene rings is 3. The molecule has 0 atom stereocenters. The lowest BCUT2D eigenvalue weighted by Crippen LogP contribution is -2.30. The zero-order chi connectivity index (χ0) is 40.3. The Morgan fingerprint density at radius 2 is 0.964 bits per heavy atom. The molecule has 0 aliphatic carbocycles. The first-order valence-electron chi connectivity index (χ1n) is 16.6. The fourth-order valence-corrected chi connectivity index (χ4v) is 5.84. The van der Waals surface area contributed by atoms with Crippen molar-refractivity contribution in [2.75, 3.05) is 63.4 Å². The predicted molar refractivity (Wildman–Crippen MR) is 199 cm³/mol. The highest BCUT2D eigenvalue weighted by Gasteiger charge is 2.20. The molecule has 5 N–H and O–H groups in total. The highest BCUT2D eigenvalue weighted by Crippen LogP contribution is 2.39. The second-order valence-corrected chi connectivity index (χ2v) is 16.2. The van der Waals surface area contributed by atoms with E-state index in [1.54, 1.807) is 24.3 Å². The van der Waals surface area contributed by atoms with Crippen molar-refractivity contribution in [3.63, 3.8) is 0 Å². The minimum absolute atomic E-state index is 0.0226. The van der Waals surface area contributed by atoms with Crippen LogP contribution in [-0.2, 0) is 35.1 Å². The average Bonchev–Trinajstić information content (AvgIpc) is 3.12. The second kappa shape index (κ2) is 22.0. The molecular formula is C33H42N4O15S3. The summed E-state index contributed by atoms with van der Waals surface area (Å²) in [6.45, 7) is -0.497. The first-order valence-corrected chi connectivity index (χ1v) is 21.4. The van der Waals surface area contributed by atoms with Crippen molar-refractivity contribution in [1.82, 2.24) is 10.6 Å². The molecule has 0 saturated carbocycles. The molecule has 0 spiro atoms. The van der Waals surface area contributed by atoms with Crippen molar-refractivity contribution in [1.29, 1.82) is 0 Å². The molecule has 0 radical (unpaired) electrons. The molecule has 0 aromatic heterocycles. The molecule has 0 heterocycles. The summed E-state index contributed by atoms with van der Waals surface area (Å²) in [4.78, 5) is 25.6. The molecule has 302 valence electrons. The van der Waals surface area contributed by atoms with Gasteiger partial charge in [-0.3, -0.25) is 23.2 Å². The molecule has 3 aromatic rings. The normalized spacial score (nSPS) is 12.0. The quantitative estimate of drug-likeness (QED) is 0.0466. The van der Waals surface area contributed by atoms with Crippen molar-refractivity contribution >= 4 is 53.5 Å². The van der Waals surface area contributed by atoms with Gasteiger partial charge in [-0.1, -0.05) is 18.2 Å². The van der Waals surface area contributed by atoms with Gasteiger partial charge >= 0.3 is 0 Å². The predicted octanol–water partition coefficient (Wildman–Crippen LogP) is 3.25. The summed E-state index contributed by atoms with van der Waals surface area (Å²) in [5, 5.41) is 13.6. The number of nitrogens with zero attached hydrogens (tertiary/aromatic N) is 2. The molecule has 3 rings (SSSR count). The Kier molecular flexibility index (Phi) is 17.9. The standard InChI is InChI=1S/C33H42N4O15S3/c38-32(25-9-11-28(12-10-25)37-36-27-7-2-1-3-8-27)34-13-18-49-19-14-35-33(39)26-23-29(50-15-4-20-53(40,41)42)31(52-17-6-22-55(46,47)48)30(24-26)51-16-5-21-54(43,44)45/h1-3,7-12,23-24H,4-6,13-22H2,(H,34,38)(H,35,39)(H,40,41,42)(H,43,44,45)(H,46,47,48)/b37-36+. The lowest BCUT2D eigenvalue weighted by atomic mass is 10.1. The van der Waals surface area contributed by atoms with E-state index < -0.39 is 53.5 Å². The second-order valence-electron chi connectivity index (χ2n) is 11.5. The van der Waals surface area contributed by atoms with Crippen LogP contribution in [0.3, 0.4) is 0 Å². The highest BCUT2D eigenvalue weighted by atomic mass is 32.2. The van der Waals surface area contributed by atoms with Crippen LogP contribution in [-0.4, -0.2) is 114 Å². The Hall–Kier alpha value is -4.71. The Balaban J connectivity index is 1.57. The van der Waals surface area contributed by atoms with E-state index in [0.29, 0.717) is 16.9 Å². The minimum Gasteiger partial charge on any atom is -0.489 e. The van der Waals surface area contributed by atoms with E-state index in [9.17, 15) is 34.8 Å². The molecular weight excluding hydrogens is 789 g/mol. The summed E-state index contributed by atoms with van der Waals surface area (Å²) >= 11 is 0. The van der Waals surface area contributed by atoms with E-state index in [1.165, 1.54) is 12.1 Å². The average molecular weight is 831 g/mol. The first-order chi connectivity index (χ1) is 26.0. The minimum atomic E-state index is -4.31. The van der Waals surface area contributed by atoms with Crippen LogP contribution < -0.4 is 24.8 Å². The van der Waals surface area contributed by atoms with Gasteiger partial charge in [-0.25, -0.2) is 0 Å². The number of azo groups is 1. The van der Waals surface area contributed by atoms with Gasteiger partial charge in [0.15, 0.2) is 11.5 Å². The maximum absolute atomic E-state index is 13.1. The van der Waals surface area contributed by atoms with Crippen LogP contribution in [0.5, 0.6) is 17.2 Å². The van der Waals surface area contributed by atoms with E-state index in [-0.39, 0.29) is 94.1 Å². The summed E-state index contributed by atoms with van der Waals surface area (Å²) < 4.78 is 116. The van der Waals surface area contributed by atoms with E-state index in [0.717, 1.165) is 0 Å². The Morgan fingerprint density at radius 3 is 1.42 bits per heavy atom. The van der Waals surface area contributed by atoms with Gasteiger partial charge in [0.2, 0.25) is 5.75 Å². The van der Waals surface area contributed by atoms with Gasteiger partial charge in [0.1, 0.15) is 0 Å². The first kappa shape index (κ1) is 44.7.